The largest absolute Gasteiger partial charge is 0.494 e. The third-order valence-electron chi connectivity index (χ3n) is 4.01. The first-order valence-electron chi connectivity index (χ1n) is 9.63. The highest BCUT2D eigenvalue weighted by atomic mass is 16.5. The topological polar surface area (TPSA) is 74.2 Å². The third kappa shape index (κ3) is 9.19. The second kappa shape index (κ2) is 15.0. The molecule has 29 heavy (non-hydrogen) atoms. The first kappa shape index (κ1) is 24.1. The Hall–Kier alpha value is -2.96. The smallest absolute Gasteiger partial charge is 0.142 e. The number of hydroxylamine groups is 1. The van der Waals surface area contributed by atoms with E-state index in [-0.39, 0.29) is 0 Å². The van der Waals surface area contributed by atoms with Crippen molar-refractivity contribution in [2.45, 2.75) is 19.8 Å². The van der Waals surface area contributed by atoms with Crippen LogP contribution < -0.4 is 15.1 Å². The molecule has 0 aliphatic rings. The van der Waals surface area contributed by atoms with Crippen molar-refractivity contribution in [2.75, 3.05) is 32.1 Å². The van der Waals surface area contributed by atoms with Gasteiger partial charge in [0.2, 0.25) is 0 Å². The molecule has 2 aromatic carbocycles. The lowest BCUT2D eigenvalue weighted by Crippen LogP contribution is -2.31. The van der Waals surface area contributed by atoms with Crippen LogP contribution in [-0.4, -0.2) is 44.6 Å². The lowest BCUT2D eigenvalue weighted by atomic mass is 10.1. The minimum atomic E-state index is 0.663. The molecular formula is C23H31N3O3. The van der Waals surface area contributed by atoms with Crippen LogP contribution in [0.15, 0.2) is 65.7 Å². The third-order valence-corrected chi connectivity index (χ3v) is 4.01. The van der Waals surface area contributed by atoms with Gasteiger partial charge in [0, 0.05) is 32.7 Å². The van der Waals surface area contributed by atoms with Crippen molar-refractivity contribution in [2.24, 2.45) is 4.99 Å². The van der Waals surface area contributed by atoms with Gasteiger partial charge in [0.1, 0.15) is 17.9 Å². The number of hydrogen-bond donors (Lipinski definition) is 2. The number of amidine groups is 1. The molecule has 0 atom stereocenters. The van der Waals surface area contributed by atoms with Gasteiger partial charge in [-0.3, -0.25) is 9.79 Å². The number of hydrogen-bond acceptors (Lipinski definition) is 5. The van der Waals surface area contributed by atoms with Crippen LogP contribution in [0.4, 0.5) is 5.69 Å². The predicted octanol–water partition coefficient (Wildman–Crippen LogP) is 4.21. The fraction of sp³-hybridized carbons (Fsp3) is 0.304. The summed E-state index contributed by atoms with van der Waals surface area (Å²) >= 11 is 0. The van der Waals surface area contributed by atoms with Gasteiger partial charge in [-0.15, -0.1) is 0 Å². The molecule has 2 aromatic rings. The average Bonchev–Trinajstić information content (AvgIpc) is 2.76. The van der Waals surface area contributed by atoms with Gasteiger partial charge in [0.25, 0.3) is 0 Å². The van der Waals surface area contributed by atoms with Crippen molar-refractivity contribution >= 4 is 23.9 Å². The van der Waals surface area contributed by atoms with Gasteiger partial charge in [-0.2, -0.15) is 0 Å². The number of aldehydes is 1. The monoisotopic (exact) mass is 397 g/mol. The zero-order valence-electron chi connectivity index (χ0n) is 17.4. The first-order chi connectivity index (χ1) is 14.2. The standard InChI is InChI=1S/C22H26N2O2.CH5NO/c1-3-24(20-15-13-19(14-16-20)9-7-17-25)22(23-2)12-8-18-26-21-10-5-4-6-11-21;1-2-3/h4-7,9-11,13-17H,3,8,12,18H2,1-2H3;2-3H,1H3/b9-7+,23-22?;. The van der Waals surface area contributed by atoms with Crippen molar-refractivity contribution in [1.29, 1.82) is 0 Å². The predicted molar refractivity (Wildman–Crippen MR) is 120 cm³/mol. The van der Waals surface area contributed by atoms with Gasteiger partial charge in [0.05, 0.1) is 6.61 Å². The Bertz CT molecular complexity index is 744. The maximum atomic E-state index is 10.4. The number of carbonyl (C=O) groups excluding carboxylic acids is 1. The van der Waals surface area contributed by atoms with E-state index in [0.717, 1.165) is 48.5 Å². The molecule has 156 valence electrons. The van der Waals surface area contributed by atoms with E-state index >= 15 is 0 Å². The summed E-state index contributed by atoms with van der Waals surface area (Å²) in [6.07, 6.45) is 5.83. The number of carbonyl (C=O) groups is 1. The molecule has 6 heteroatoms. The molecule has 6 nitrogen and oxygen atoms in total. The summed E-state index contributed by atoms with van der Waals surface area (Å²) in [4.78, 5) is 17.1. The fourth-order valence-electron chi connectivity index (χ4n) is 2.73. The summed E-state index contributed by atoms with van der Waals surface area (Å²) in [5.41, 5.74) is 3.85. The number of rotatable bonds is 9. The molecule has 2 N–H and O–H groups in total. The lowest BCUT2D eigenvalue weighted by molar-refractivity contribution is -0.104. The summed E-state index contributed by atoms with van der Waals surface area (Å²) in [5.74, 6) is 1.94. The van der Waals surface area contributed by atoms with Crippen LogP contribution in [0.5, 0.6) is 5.75 Å². The molecule has 0 aliphatic carbocycles. The van der Waals surface area contributed by atoms with Gasteiger partial charge >= 0.3 is 0 Å². The van der Waals surface area contributed by atoms with E-state index in [0.29, 0.717) is 6.61 Å². The molecule has 0 bridgehead atoms. The van der Waals surface area contributed by atoms with Gasteiger partial charge in [-0.1, -0.05) is 36.4 Å². The summed E-state index contributed by atoms with van der Waals surface area (Å²) in [7, 11) is 3.26. The molecule has 0 heterocycles. The number of nitrogens with zero attached hydrogens (tertiary/aromatic N) is 2. The highest BCUT2D eigenvalue weighted by Crippen LogP contribution is 2.18. The van der Waals surface area contributed by atoms with Crippen molar-refractivity contribution < 1.29 is 14.7 Å². The molecule has 0 saturated carbocycles. The second-order valence-electron chi connectivity index (χ2n) is 5.96. The molecule has 0 spiro atoms. The minimum absolute atomic E-state index is 0.663. The number of anilines is 1. The van der Waals surface area contributed by atoms with Crippen LogP contribution in [0, 0.1) is 0 Å². The highest BCUT2D eigenvalue weighted by Gasteiger charge is 2.11. The number of ether oxygens (including phenoxy) is 1. The number of allylic oxidation sites excluding steroid dienone is 1. The zero-order valence-corrected chi connectivity index (χ0v) is 17.4. The quantitative estimate of drug-likeness (QED) is 0.166. The molecule has 2 rings (SSSR count). The van der Waals surface area contributed by atoms with Gasteiger partial charge in [-0.05, 0) is 49.2 Å². The van der Waals surface area contributed by atoms with E-state index in [1.54, 1.807) is 11.6 Å². The SMILES string of the molecule is CCN(C(CCCOc1ccccc1)=NC)c1ccc(/C=C/C=O)cc1.CNO. The Morgan fingerprint density at radius 1 is 1.17 bits per heavy atom. The Morgan fingerprint density at radius 2 is 1.83 bits per heavy atom. The van der Waals surface area contributed by atoms with Gasteiger partial charge in [-0.25, -0.2) is 5.48 Å². The summed E-state index contributed by atoms with van der Waals surface area (Å²) < 4.78 is 5.76. The van der Waals surface area contributed by atoms with Crippen LogP contribution in [0.1, 0.15) is 25.3 Å². The zero-order chi connectivity index (χ0) is 21.3. The number of aliphatic imine (C=N–C) groups is 1. The Balaban J connectivity index is 0.00000132. The van der Waals surface area contributed by atoms with Crippen LogP contribution in [0.2, 0.25) is 0 Å². The number of para-hydroxylation sites is 1. The van der Waals surface area contributed by atoms with Gasteiger partial charge in [0.15, 0.2) is 0 Å². The maximum absolute atomic E-state index is 10.4. The van der Waals surface area contributed by atoms with E-state index in [1.807, 2.05) is 49.5 Å². The van der Waals surface area contributed by atoms with E-state index in [1.165, 1.54) is 13.1 Å². The lowest BCUT2D eigenvalue weighted by Gasteiger charge is -2.25. The molecule has 0 saturated heterocycles. The normalized spacial score (nSPS) is 11.0. The Kier molecular flexibility index (Phi) is 12.5. The second-order valence-corrected chi connectivity index (χ2v) is 5.96. The Morgan fingerprint density at radius 3 is 2.38 bits per heavy atom. The van der Waals surface area contributed by atoms with Crippen molar-refractivity contribution in [1.82, 2.24) is 5.48 Å². The van der Waals surface area contributed by atoms with Crippen LogP contribution in [0.25, 0.3) is 6.08 Å². The first-order valence-corrected chi connectivity index (χ1v) is 9.63. The fourth-order valence-corrected chi connectivity index (χ4v) is 2.73. The molecular weight excluding hydrogens is 366 g/mol. The van der Waals surface area contributed by atoms with E-state index in [9.17, 15) is 4.79 Å². The average molecular weight is 398 g/mol. The minimum Gasteiger partial charge on any atom is -0.494 e. The van der Waals surface area contributed by atoms with Gasteiger partial charge < -0.3 is 14.8 Å². The summed E-state index contributed by atoms with van der Waals surface area (Å²) in [6.45, 7) is 3.62. The molecule has 0 aliphatic heterocycles. The molecule has 0 unspecified atom stereocenters. The van der Waals surface area contributed by atoms with E-state index < -0.39 is 0 Å². The van der Waals surface area contributed by atoms with E-state index in [4.69, 9.17) is 9.94 Å². The summed E-state index contributed by atoms with van der Waals surface area (Å²) in [6, 6.07) is 18.0. The number of benzene rings is 2. The Labute approximate surface area is 173 Å². The van der Waals surface area contributed by atoms with Crippen molar-refractivity contribution in [3.05, 3.63) is 66.2 Å². The van der Waals surface area contributed by atoms with Crippen molar-refractivity contribution in [3.63, 3.8) is 0 Å². The maximum Gasteiger partial charge on any atom is 0.142 e. The molecule has 0 aromatic heterocycles. The molecule has 0 fully saturated rings. The summed E-state index contributed by atoms with van der Waals surface area (Å²) in [5, 5.41) is 7.32. The van der Waals surface area contributed by atoms with Crippen molar-refractivity contribution in [3.8, 4) is 5.75 Å². The van der Waals surface area contributed by atoms with Crippen LogP contribution >= 0.6 is 0 Å². The molecule has 0 amide bonds. The van der Waals surface area contributed by atoms with Crippen LogP contribution in [0.3, 0.4) is 0 Å². The van der Waals surface area contributed by atoms with E-state index in [2.05, 4.69) is 28.9 Å². The number of nitrogens with one attached hydrogen (secondary N) is 1. The van der Waals surface area contributed by atoms with Crippen LogP contribution in [-0.2, 0) is 4.79 Å². The molecule has 0 radical (unpaired) electrons. The highest BCUT2D eigenvalue weighted by molar-refractivity contribution is 5.97.